The second kappa shape index (κ2) is 7.87. The average Bonchev–Trinajstić information content (AvgIpc) is 2.61. The summed E-state index contributed by atoms with van der Waals surface area (Å²) in [4.78, 5) is 7.04. The third kappa shape index (κ3) is 4.13. The Morgan fingerprint density at radius 3 is 2.80 bits per heavy atom. The first-order chi connectivity index (χ1) is 12.1. The van der Waals surface area contributed by atoms with Crippen LogP contribution in [0.25, 0.3) is 11.3 Å². The van der Waals surface area contributed by atoms with Gasteiger partial charge >= 0.3 is 0 Å². The number of aromatic nitrogens is 1. The highest BCUT2D eigenvalue weighted by atomic mass is 16.5. The van der Waals surface area contributed by atoms with E-state index >= 15 is 0 Å². The fourth-order valence-corrected chi connectivity index (χ4v) is 3.78. The van der Waals surface area contributed by atoms with E-state index in [1.54, 1.807) is 7.11 Å². The maximum atomic E-state index is 5.87. The Hall–Kier alpha value is -2.07. The van der Waals surface area contributed by atoms with Crippen molar-refractivity contribution in [1.82, 2.24) is 9.88 Å². The van der Waals surface area contributed by atoms with Gasteiger partial charge in [-0.05, 0) is 67.1 Å². The zero-order chi connectivity index (χ0) is 17.8. The number of hydrogen-bond acceptors (Lipinski definition) is 4. The highest BCUT2D eigenvalue weighted by Crippen LogP contribution is 2.33. The van der Waals surface area contributed by atoms with Gasteiger partial charge in [0.2, 0.25) is 0 Å². The number of rotatable bonds is 5. The summed E-state index contributed by atoms with van der Waals surface area (Å²) in [5.41, 5.74) is 10.5. The number of piperidine rings is 1. The number of aryl methyl sites for hydroxylation is 1. The number of nitrogens with zero attached hydrogens (tertiary/aromatic N) is 2. The Morgan fingerprint density at radius 2 is 2.12 bits per heavy atom. The minimum atomic E-state index is 0.531. The molecule has 1 fully saturated rings. The van der Waals surface area contributed by atoms with Gasteiger partial charge in [0.15, 0.2) is 0 Å². The molecule has 1 aliphatic rings. The van der Waals surface area contributed by atoms with Crippen LogP contribution < -0.4 is 10.5 Å². The first-order valence-corrected chi connectivity index (χ1v) is 9.25. The summed E-state index contributed by atoms with van der Waals surface area (Å²) in [6, 6.07) is 10.1. The fraction of sp³-hybridized carbons (Fsp3) is 0.476. The van der Waals surface area contributed by atoms with Crippen molar-refractivity contribution in [3.05, 3.63) is 41.5 Å². The number of anilines is 1. The predicted molar refractivity (Wildman–Crippen MR) is 104 cm³/mol. The lowest BCUT2D eigenvalue weighted by molar-refractivity contribution is 0.176. The van der Waals surface area contributed by atoms with Crippen LogP contribution in [0, 0.1) is 5.92 Å². The lowest BCUT2D eigenvalue weighted by Crippen LogP contribution is -2.34. The third-order valence-electron chi connectivity index (χ3n) is 5.08. The molecule has 25 heavy (non-hydrogen) atoms. The van der Waals surface area contributed by atoms with E-state index in [4.69, 9.17) is 10.5 Å². The second-order valence-corrected chi connectivity index (χ2v) is 7.10. The van der Waals surface area contributed by atoms with Gasteiger partial charge in [-0.3, -0.25) is 4.90 Å². The van der Waals surface area contributed by atoms with Crippen molar-refractivity contribution in [2.24, 2.45) is 5.92 Å². The molecule has 4 nitrogen and oxygen atoms in total. The number of methoxy groups -OCH3 is 1. The minimum absolute atomic E-state index is 0.531. The van der Waals surface area contributed by atoms with Crippen molar-refractivity contribution < 1.29 is 4.74 Å². The maximum Gasteiger partial charge on any atom is 0.128 e. The molecule has 1 aromatic heterocycles. The van der Waals surface area contributed by atoms with Gasteiger partial charge in [-0.25, -0.2) is 4.98 Å². The van der Waals surface area contributed by atoms with Crippen LogP contribution >= 0.6 is 0 Å². The third-order valence-corrected chi connectivity index (χ3v) is 5.08. The monoisotopic (exact) mass is 339 g/mol. The number of benzene rings is 1. The molecule has 1 unspecified atom stereocenters. The number of likely N-dealkylation sites (tertiary alicyclic amines) is 1. The Balaban J connectivity index is 1.94. The molecule has 1 saturated heterocycles. The molecule has 134 valence electrons. The quantitative estimate of drug-likeness (QED) is 0.890. The first-order valence-electron chi connectivity index (χ1n) is 9.25. The molecule has 0 radical (unpaired) electrons. The number of ether oxygens (including phenoxy) is 1. The predicted octanol–water partition coefficient (Wildman–Crippen LogP) is 4.13. The van der Waals surface area contributed by atoms with Gasteiger partial charge in [-0.1, -0.05) is 19.9 Å². The lowest BCUT2D eigenvalue weighted by Gasteiger charge is -2.31. The molecule has 2 aromatic rings. The summed E-state index contributed by atoms with van der Waals surface area (Å²) in [5.74, 6) is 2.19. The van der Waals surface area contributed by atoms with Crippen molar-refractivity contribution in [2.45, 2.75) is 39.7 Å². The summed E-state index contributed by atoms with van der Waals surface area (Å²) in [7, 11) is 1.73. The van der Waals surface area contributed by atoms with Gasteiger partial charge in [-0.15, -0.1) is 0 Å². The molecule has 0 spiro atoms. The highest BCUT2D eigenvalue weighted by molar-refractivity contribution is 5.70. The minimum Gasteiger partial charge on any atom is -0.496 e. The number of nitrogens with two attached hydrogens (primary N) is 1. The fourth-order valence-electron chi connectivity index (χ4n) is 3.78. The van der Waals surface area contributed by atoms with Crippen molar-refractivity contribution >= 4 is 5.82 Å². The van der Waals surface area contributed by atoms with Crippen molar-refractivity contribution in [3.8, 4) is 17.0 Å². The zero-order valence-electron chi connectivity index (χ0n) is 15.6. The van der Waals surface area contributed by atoms with Crippen LogP contribution in [0.2, 0.25) is 0 Å². The normalized spacial score (nSPS) is 18.3. The summed E-state index contributed by atoms with van der Waals surface area (Å²) in [6.07, 6.45) is 3.64. The zero-order valence-corrected chi connectivity index (χ0v) is 15.6. The molecule has 3 rings (SSSR count). The van der Waals surface area contributed by atoms with E-state index in [1.807, 2.05) is 18.2 Å². The summed E-state index contributed by atoms with van der Waals surface area (Å²) in [5, 5.41) is 0. The van der Waals surface area contributed by atoms with Crippen LogP contribution in [0.4, 0.5) is 5.82 Å². The van der Waals surface area contributed by atoms with Crippen LogP contribution in [0.5, 0.6) is 5.75 Å². The number of nitrogen functional groups attached to an aromatic ring is 1. The van der Waals surface area contributed by atoms with Gasteiger partial charge in [0, 0.05) is 18.7 Å². The van der Waals surface area contributed by atoms with Gasteiger partial charge in [0.1, 0.15) is 11.6 Å². The van der Waals surface area contributed by atoms with Crippen molar-refractivity contribution in [3.63, 3.8) is 0 Å². The Labute approximate surface area is 151 Å². The van der Waals surface area contributed by atoms with Gasteiger partial charge in [0.25, 0.3) is 0 Å². The lowest BCUT2D eigenvalue weighted by atomic mass is 9.96. The van der Waals surface area contributed by atoms with Crippen LogP contribution in [0.3, 0.4) is 0 Å². The molecule has 0 amide bonds. The Bertz CT molecular complexity index is 729. The summed E-state index contributed by atoms with van der Waals surface area (Å²) >= 11 is 0. The van der Waals surface area contributed by atoms with E-state index in [-0.39, 0.29) is 0 Å². The highest BCUT2D eigenvalue weighted by Gasteiger charge is 2.19. The molecule has 0 bridgehead atoms. The molecule has 1 aromatic carbocycles. The molecule has 4 heteroatoms. The molecular weight excluding hydrogens is 310 g/mol. The van der Waals surface area contributed by atoms with E-state index in [1.165, 1.54) is 37.1 Å². The summed E-state index contributed by atoms with van der Waals surface area (Å²) in [6.45, 7) is 7.93. The van der Waals surface area contributed by atoms with E-state index in [0.717, 1.165) is 35.9 Å². The Kier molecular flexibility index (Phi) is 5.59. The van der Waals surface area contributed by atoms with Gasteiger partial charge in [0.05, 0.1) is 12.8 Å². The maximum absolute atomic E-state index is 5.87. The van der Waals surface area contributed by atoms with Crippen LogP contribution in [-0.4, -0.2) is 30.1 Å². The van der Waals surface area contributed by atoms with Crippen LogP contribution in [0.15, 0.2) is 30.3 Å². The SMILES string of the molecule is CCc1cc(-c2cccc(N)n2)c(OC)cc1CN1CCCC(C)C1. The molecule has 1 atom stereocenters. The van der Waals surface area contributed by atoms with Gasteiger partial charge in [-0.2, -0.15) is 0 Å². The van der Waals surface area contributed by atoms with E-state index in [9.17, 15) is 0 Å². The van der Waals surface area contributed by atoms with E-state index in [2.05, 4.69) is 35.9 Å². The smallest absolute Gasteiger partial charge is 0.128 e. The summed E-state index contributed by atoms with van der Waals surface area (Å²) < 4.78 is 5.69. The molecule has 2 heterocycles. The number of pyridine rings is 1. The molecule has 0 aliphatic carbocycles. The standard InChI is InChI=1S/C21H29N3O/c1-4-16-11-18(19-8-5-9-21(22)23-19)20(25-3)12-17(16)14-24-10-6-7-15(2)13-24/h5,8-9,11-12,15H,4,6-7,10,13-14H2,1-3H3,(H2,22,23). The molecular formula is C21H29N3O. The van der Waals surface area contributed by atoms with Crippen LogP contribution in [0.1, 0.15) is 37.8 Å². The Morgan fingerprint density at radius 1 is 1.28 bits per heavy atom. The largest absolute Gasteiger partial charge is 0.496 e. The van der Waals surface area contributed by atoms with Crippen LogP contribution in [-0.2, 0) is 13.0 Å². The van der Waals surface area contributed by atoms with Crippen molar-refractivity contribution in [1.29, 1.82) is 0 Å². The molecule has 1 aliphatic heterocycles. The second-order valence-electron chi connectivity index (χ2n) is 7.10. The van der Waals surface area contributed by atoms with Crippen molar-refractivity contribution in [2.75, 3.05) is 25.9 Å². The topological polar surface area (TPSA) is 51.4 Å². The van der Waals surface area contributed by atoms with Gasteiger partial charge < -0.3 is 10.5 Å². The molecule has 0 saturated carbocycles. The molecule has 2 N–H and O–H groups in total. The van der Waals surface area contributed by atoms with E-state index < -0.39 is 0 Å². The first kappa shape index (κ1) is 17.7. The number of hydrogen-bond donors (Lipinski definition) is 1. The van der Waals surface area contributed by atoms with E-state index in [0.29, 0.717) is 5.82 Å². The average molecular weight is 339 g/mol.